The topological polar surface area (TPSA) is 59.8 Å². The molecule has 0 aliphatic rings. The van der Waals surface area contributed by atoms with Crippen LogP contribution in [-0.4, -0.2) is 31.5 Å². The molecule has 6 heteroatoms. The highest BCUT2D eigenvalue weighted by Gasteiger charge is 2.23. The molecule has 3 rings (SSSR count). The van der Waals surface area contributed by atoms with Crippen LogP contribution < -0.4 is 5.32 Å². The number of aromatic nitrogens is 3. The molecule has 0 bridgehead atoms. The Balaban J connectivity index is 1.90. The average Bonchev–Trinajstić information content (AvgIpc) is 3.04. The van der Waals surface area contributed by atoms with Gasteiger partial charge in [-0.05, 0) is 45.4 Å². The molecule has 1 atom stereocenters. The first-order valence-corrected chi connectivity index (χ1v) is 10.2. The van der Waals surface area contributed by atoms with Gasteiger partial charge in [-0.25, -0.2) is 0 Å². The van der Waals surface area contributed by atoms with Gasteiger partial charge in [-0.3, -0.25) is 9.36 Å². The van der Waals surface area contributed by atoms with Gasteiger partial charge < -0.3 is 5.32 Å². The summed E-state index contributed by atoms with van der Waals surface area (Å²) in [5, 5.41) is 12.3. The fourth-order valence-electron chi connectivity index (χ4n) is 2.79. The van der Waals surface area contributed by atoms with Crippen LogP contribution in [0.25, 0.3) is 5.69 Å². The van der Waals surface area contributed by atoms with Crippen LogP contribution in [0.3, 0.4) is 0 Å². The number of hydrogen-bond donors (Lipinski definition) is 1. The van der Waals surface area contributed by atoms with Crippen molar-refractivity contribution in [1.29, 1.82) is 0 Å². The number of amides is 1. The van der Waals surface area contributed by atoms with Crippen molar-refractivity contribution in [3.05, 3.63) is 72.1 Å². The van der Waals surface area contributed by atoms with Crippen LogP contribution in [0, 0.1) is 0 Å². The quantitative estimate of drug-likeness (QED) is 0.635. The summed E-state index contributed by atoms with van der Waals surface area (Å²) < 4.78 is 2.04. The number of nitrogens with zero attached hydrogens (tertiary/aromatic N) is 3. The van der Waals surface area contributed by atoms with Gasteiger partial charge in [-0.2, -0.15) is 0 Å². The number of para-hydroxylation sites is 1. The van der Waals surface area contributed by atoms with Gasteiger partial charge >= 0.3 is 0 Å². The lowest BCUT2D eigenvalue weighted by atomic mass is 10.1. The van der Waals surface area contributed by atoms with E-state index in [0.29, 0.717) is 11.6 Å². The summed E-state index contributed by atoms with van der Waals surface area (Å²) >= 11 is 1.42. The molecule has 1 N–H and O–H groups in total. The minimum atomic E-state index is -0.282. The highest BCUT2D eigenvalue weighted by atomic mass is 32.2. The second kappa shape index (κ2) is 8.61. The molecule has 0 aliphatic carbocycles. The first-order valence-electron chi connectivity index (χ1n) is 9.36. The summed E-state index contributed by atoms with van der Waals surface area (Å²) in [6.45, 7) is 7.83. The van der Waals surface area contributed by atoms with Gasteiger partial charge in [0.15, 0.2) is 5.16 Å². The van der Waals surface area contributed by atoms with Crippen LogP contribution in [0.2, 0.25) is 0 Å². The third kappa shape index (κ3) is 5.23. The van der Waals surface area contributed by atoms with Gasteiger partial charge in [0.1, 0.15) is 5.82 Å². The van der Waals surface area contributed by atoms with E-state index in [0.717, 1.165) is 11.5 Å². The zero-order valence-corrected chi connectivity index (χ0v) is 17.5. The van der Waals surface area contributed by atoms with Crippen LogP contribution in [0.4, 0.5) is 0 Å². The van der Waals surface area contributed by atoms with Crippen molar-refractivity contribution in [3.63, 3.8) is 0 Å². The van der Waals surface area contributed by atoms with Gasteiger partial charge in [0.2, 0.25) is 5.91 Å². The normalized spacial score (nSPS) is 12.6. The number of carbonyl (C=O) groups excluding carboxylic acids is 1. The Hall–Kier alpha value is -2.60. The van der Waals surface area contributed by atoms with E-state index >= 15 is 0 Å². The summed E-state index contributed by atoms with van der Waals surface area (Å²) in [5.41, 5.74) is 1.89. The van der Waals surface area contributed by atoms with Crippen LogP contribution in [0.5, 0.6) is 0 Å². The number of rotatable bonds is 6. The molecule has 28 heavy (non-hydrogen) atoms. The molecule has 0 aliphatic heterocycles. The second-order valence-electron chi connectivity index (χ2n) is 7.73. The maximum Gasteiger partial charge on any atom is 0.233 e. The Kier molecular flexibility index (Phi) is 6.19. The maximum absolute atomic E-state index is 12.5. The van der Waals surface area contributed by atoms with Crippen LogP contribution in [0.1, 0.15) is 39.1 Å². The SMILES string of the molecule is CC(Sc1nnc(Cc2ccccc2)n1-c1ccccc1)C(=O)NC(C)(C)C. The van der Waals surface area contributed by atoms with Crippen molar-refractivity contribution in [2.75, 3.05) is 0 Å². The number of nitrogens with one attached hydrogen (secondary N) is 1. The first-order chi connectivity index (χ1) is 13.3. The molecule has 0 radical (unpaired) electrons. The summed E-state index contributed by atoms with van der Waals surface area (Å²) in [5.74, 6) is 0.841. The van der Waals surface area contributed by atoms with Crippen LogP contribution in [0.15, 0.2) is 65.8 Å². The highest BCUT2D eigenvalue weighted by molar-refractivity contribution is 8.00. The van der Waals surface area contributed by atoms with Gasteiger partial charge in [-0.15, -0.1) is 10.2 Å². The molecule has 1 heterocycles. The zero-order chi connectivity index (χ0) is 20.1. The van der Waals surface area contributed by atoms with E-state index in [4.69, 9.17) is 0 Å². The predicted octanol–water partition coefficient (Wildman–Crippen LogP) is 4.25. The van der Waals surface area contributed by atoms with E-state index in [-0.39, 0.29) is 16.7 Å². The molecule has 1 amide bonds. The van der Waals surface area contributed by atoms with E-state index in [2.05, 4.69) is 27.6 Å². The van der Waals surface area contributed by atoms with Crippen molar-refractivity contribution in [1.82, 2.24) is 20.1 Å². The molecule has 146 valence electrons. The van der Waals surface area contributed by atoms with Crippen LogP contribution >= 0.6 is 11.8 Å². The minimum Gasteiger partial charge on any atom is -0.351 e. The smallest absolute Gasteiger partial charge is 0.233 e. The molecule has 3 aromatic rings. The molecule has 0 fully saturated rings. The van der Waals surface area contributed by atoms with Crippen molar-refractivity contribution in [2.24, 2.45) is 0 Å². The Labute approximate surface area is 170 Å². The van der Waals surface area contributed by atoms with Crippen molar-refractivity contribution >= 4 is 17.7 Å². The fraction of sp³-hybridized carbons (Fsp3) is 0.318. The Morgan fingerprint density at radius 2 is 1.64 bits per heavy atom. The number of benzene rings is 2. The van der Waals surface area contributed by atoms with Gasteiger partial charge in [0.05, 0.1) is 5.25 Å². The van der Waals surface area contributed by atoms with E-state index in [1.807, 2.05) is 80.8 Å². The number of hydrogen-bond acceptors (Lipinski definition) is 4. The predicted molar refractivity (Wildman–Crippen MR) is 114 cm³/mol. The molecule has 5 nitrogen and oxygen atoms in total. The second-order valence-corrected chi connectivity index (χ2v) is 9.04. The fourth-order valence-corrected chi connectivity index (χ4v) is 3.68. The van der Waals surface area contributed by atoms with Gasteiger partial charge in [-0.1, -0.05) is 60.3 Å². The van der Waals surface area contributed by atoms with Crippen LogP contribution in [-0.2, 0) is 11.2 Å². The van der Waals surface area contributed by atoms with E-state index in [1.165, 1.54) is 17.3 Å². The van der Waals surface area contributed by atoms with Crippen molar-refractivity contribution in [3.8, 4) is 5.69 Å². The van der Waals surface area contributed by atoms with Crippen molar-refractivity contribution in [2.45, 2.75) is 50.1 Å². The molecular formula is C22H26N4OS. The van der Waals surface area contributed by atoms with E-state index in [9.17, 15) is 4.79 Å². The highest BCUT2D eigenvalue weighted by Crippen LogP contribution is 2.27. The largest absolute Gasteiger partial charge is 0.351 e. The molecule has 1 unspecified atom stereocenters. The standard InChI is InChI=1S/C22H26N4OS/c1-16(20(27)23-22(2,3)4)28-21-25-24-19(15-17-11-7-5-8-12-17)26(21)18-13-9-6-10-14-18/h5-14,16H,15H2,1-4H3,(H,23,27). The number of carbonyl (C=O) groups is 1. The van der Waals surface area contributed by atoms with E-state index in [1.54, 1.807) is 0 Å². The Morgan fingerprint density at radius 1 is 1.04 bits per heavy atom. The molecule has 0 saturated carbocycles. The lowest BCUT2D eigenvalue weighted by Gasteiger charge is -2.23. The molecule has 2 aromatic carbocycles. The van der Waals surface area contributed by atoms with Gasteiger partial charge in [0, 0.05) is 17.6 Å². The third-order valence-corrected chi connectivity index (χ3v) is 5.11. The molecule has 1 aromatic heterocycles. The summed E-state index contributed by atoms with van der Waals surface area (Å²) in [7, 11) is 0. The lowest BCUT2D eigenvalue weighted by molar-refractivity contribution is -0.121. The minimum absolute atomic E-state index is 0.00952. The Bertz CT molecular complexity index is 917. The summed E-state index contributed by atoms with van der Waals surface area (Å²) in [6.07, 6.45) is 0.672. The maximum atomic E-state index is 12.5. The summed E-state index contributed by atoms with van der Waals surface area (Å²) in [4.78, 5) is 12.5. The first kappa shape index (κ1) is 20.1. The molecular weight excluding hydrogens is 368 g/mol. The Morgan fingerprint density at radius 3 is 2.25 bits per heavy atom. The zero-order valence-electron chi connectivity index (χ0n) is 16.7. The van der Waals surface area contributed by atoms with Crippen molar-refractivity contribution < 1.29 is 4.79 Å². The summed E-state index contributed by atoms with van der Waals surface area (Å²) in [6, 6.07) is 20.2. The third-order valence-electron chi connectivity index (χ3n) is 4.07. The van der Waals surface area contributed by atoms with Gasteiger partial charge in [0.25, 0.3) is 0 Å². The monoisotopic (exact) mass is 394 g/mol. The average molecular weight is 395 g/mol. The molecule has 0 saturated heterocycles. The molecule has 0 spiro atoms. The van der Waals surface area contributed by atoms with E-state index < -0.39 is 0 Å². The number of thioether (sulfide) groups is 1. The lowest BCUT2D eigenvalue weighted by Crippen LogP contribution is -2.44.